The van der Waals surface area contributed by atoms with Crippen molar-refractivity contribution in [3.05, 3.63) is 79.6 Å². The van der Waals surface area contributed by atoms with E-state index in [-0.39, 0.29) is 6.04 Å². The second kappa shape index (κ2) is 7.09. The molecule has 0 saturated carbocycles. The molecule has 4 rings (SSSR count). The standard InChI is InChI=1S/C20H17ClN4O3/c1-11(2)25-16-8-5-13(10-15(16)22-19(26)20(25)27)18-23-17(28-24-18)9-12-3-6-14(21)7-4-12/h3-8,10-11H,9H2,1-2H3,(H,22,26). The first-order chi connectivity index (χ1) is 13.4. The van der Waals surface area contributed by atoms with Crippen LogP contribution in [0.4, 0.5) is 0 Å². The van der Waals surface area contributed by atoms with Crippen LogP contribution in [0.2, 0.25) is 5.02 Å². The molecule has 4 aromatic rings. The van der Waals surface area contributed by atoms with Crippen LogP contribution in [0.5, 0.6) is 0 Å². The lowest BCUT2D eigenvalue weighted by Gasteiger charge is -2.13. The van der Waals surface area contributed by atoms with E-state index in [0.717, 1.165) is 5.56 Å². The van der Waals surface area contributed by atoms with Gasteiger partial charge in [0.25, 0.3) is 0 Å². The van der Waals surface area contributed by atoms with E-state index in [4.69, 9.17) is 16.1 Å². The van der Waals surface area contributed by atoms with Gasteiger partial charge in [-0.3, -0.25) is 14.2 Å². The van der Waals surface area contributed by atoms with Gasteiger partial charge in [0.15, 0.2) is 0 Å². The fourth-order valence-electron chi connectivity index (χ4n) is 3.11. The molecule has 0 aliphatic heterocycles. The summed E-state index contributed by atoms with van der Waals surface area (Å²) in [6.07, 6.45) is 0.488. The minimum Gasteiger partial charge on any atom is -0.339 e. The molecule has 0 atom stereocenters. The fourth-order valence-corrected chi connectivity index (χ4v) is 3.24. The minimum atomic E-state index is -0.658. The summed E-state index contributed by atoms with van der Waals surface area (Å²) in [6, 6.07) is 12.6. The van der Waals surface area contributed by atoms with Crippen LogP contribution in [0.1, 0.15) is 31.3 Å². The van der Waals surface area contributed by atoms with Gasteiger partial charge in [-0.05, 0) is 49.7 Å². The third kappa shape index (κ3) is 3.36. The zero-order chi connectivity index (χ0) is 19.8. The van der Waals surface area contributed by atoms with Crippen molar-refractivity contribution in [1.29, 1.82) is 0 Å². The molecule has 0 unspecified atom stereocenters. The Kier molecular flexibility index (Phi) is 4.60. The molecule has 0 saturated heterocycles. The summed E-state index contributed by atoms with van der Waals surface area (Å²) in [5, 5.41) is 4.70. The van der Waals surface area contributed by atoms with Gasteiger partial charge >= 0.3 is 11.1 Å². The summed E-state index contributed by atoms with van der Waals surface area (Å²) < 4.78 is 6.82. The van der Waals surface area contributed by atoms with Crippen LogP contribution in [-0.2, 0) is 6.42 Å². The first-order valence-corrected chi connectivity index (χ1v) is 9.16. The summed E-state index contributed by atoms with van der Waals surface area (Å²) >= 11 is 5.90. The van der Waals surface area contributed by atoms with Crippen LogP contribution in [-0.4, -0.2) is 19.7 Å². The fraction of sp³-hybridized carbons (Fsp3) is 0.200. The van der Waals surface area contributed by atoms with Crippen LogP contribution in [0, 0.1) is 0 Å². The van der Waals surface area contributed by atoms with E-state index in [1.165, 1.54) is 4.57 Å². The molecule has 0 spiro atoms. The Labute approximate surface area is 164 Å². The van der Waals surface area contributed by atoms with E-state index in [9.17, 15) is 9.59 Å². The Morgan fingerprint density at radius 1 is 1.14 bits per heavy atom. The largest absolute Gasteiger partial charge is 0.339 e. The Morgan fingerprint density at radius 2 is 1.89 bits per heavy atom. The van der Waals surface area contributed by atoms with E-state index in [0.29, 0.717) is 39.8 Å². The monoisotopic (exact) mass is 396 g/mol. The summed E-state index contributed by atoms with van der Waals surface area (Å²) in [4.78, 5) is 31.2. The molecule has 28 heavy (non-hydrogen) atoms. The van der Waals surface area contributed by atoms with Crippen molar-refractivity contribution in [2.24, 2.45) is 0 Å². The molecular formula is C20H17ClN4O3. The topological polar surface area (TPSA) is 93.8 Å². The average molecular weight is 397 g/mol. The van der Waals surface area contributed by atoms with Crippen LogP contribution in [0.25, 0.3) is 22.4 Å². The quantitative estimate of drug-likeness (QED) is 0.532. The molecule has 1 N–H and O–H groups in total. The van der Waals surface area contributed by atoms with Crippen molar-refractivity contribution in [1.82, 2.24) is 19.7 Å². The second-order valence-corrected chi connectivity index (χ2v) is 7.21. The highest BCUT2D eigenvalue weighted by molar-refractivity contribution is 6.30. The molecule has 2 heterocycles. The zero-order valence-corrected chi connectivity index (χ0v) is 16.0. The molecule has 7 nitrogen and oxygen atoms in total. The van der Waals surface area contributed by atoms with Crippen molar-refractivity contribution >= 4 is 22.6 Å². The van der Waals surface area contributed by atoms with Gasteiger partial charge in [-0.15, -0.1) is 0 Å². The summed E-state index contributed by atoms with van der Waals surface area (Å²) in [5.41, 5.74) is 1.65. The maximum absolute atomic E-state index is 12.1. The number of benzene rings is 2. The van der Waals surface area contributed by atoms with E-state index in [2.05, 4.69) is 15.1 Å². The van der Waals surface area contributed by atoms with E-state index < -0.39 is 11.1 Å². The van der Waals surface area contributed by atoms with Gasteiger partial charge in [0.05, 0.1) is 17.5 Å². The van der Waals surface area contributed by atoms with E-state index >= 15 is 0 Å². The van der Waals surface area contributed by atoms with Crippen molar-refractivity contribution < 1.29 is 4.52 Å². The molecule has 8 heteroatoms. The third-order valence-corrected chi connectivity index (χ3v) is 4.68. The number of rotatable bonds is 4. The SMILES string of the molecule is CC(C)n1c(=O)c(=O)[nH]c2cc(-c3noc(Cc4ccc(Cl)cc4)n3)ccc21. The smallest absolute Gasteiger partial charge is 0.316 e. The van der Waals surface area contributed by atoms with Gasteiger partial charge in [-0.2, -0.15) is 4.98 Å². The number of aromatic amines is 1. The van der Waals surface area contributed by atoms with Crippen molar-refractivity contribution in [3.8, 4) is 11.4 Å². The number of halogens is 1. The van der Waals surface area contributed by atoms with Crippen molar-refractivity contribution in [2.45, 2.75) is 26.3 Å². The number of hydrogen-bond acceptors (Lipinski definition) is 5. The predicted octanol–water partition coefficient (Wildman–Crippen LogP) is 3.56. The number of nitrogens with one attached hydrogen (secondary N) is 1. The highest BCUT2D eigenvalue weighted by Crippen LogP contribution is 2.22. The van der Waals surface area contributed by atoms with Crippen LogP contribution in [0.15, 0.2) is 56.6 Å². The molecule has 0 amide bonds. The molecule has 0 fully saturated rings. The van der Waals surface area contributed by atoms with Gasteiger partial charge in [-0.1, -0.05) is 28.9 Å². The van der Waals surface area contributed by atoms with Gasteiger partial charge in [-0.25, -0.2) is 0 Å². The first-order valence-electron chi connectivity index (χ1n) is 8.78. The third-order valence-electron chi connectivity index (χ3n) is 4.43. The van der Waals surface area contributed by atoms with Crippen LogP contribution >= 0.6 is 11.6 Å². The summed E-state index contributed by atoms with van der Waals surface area (Å²) in [5.74, 6) is 0.882. The number of hydrogen-bond donors (Lipinski definition) is 1. The van der Waals surface area contributed by atoms with Gasteiger partial charge in [0.1, 0.15) is 0 Å². The molecule has 0 bridgehead atoms. The second-order valence-electron chi connectivity index (χ2n) is 6.77. The lowest BCUT2D eigenvalue weighted by molar-refractivity contribution is 0.385. The van der Waals surface area contributed by atoms with E-state index in [1.807, 2.05) is 38.1 Å². The van der Waals surface area contributed by atoms with Crippen molar-refractivity contribution in [2.75, 3.05) is 0 Å². The minimum absolute atomic E-state index is 0.140. The number of fused-ring (bicyclic) bond motifs is 1. The zero-order valence-electron chi connectivity index (χ0n) is 15.3. The first kappa shape index (κ1) is 18.2. The number of H-pyrrole nitrogens is 1. The molecule has 0 radical (unpaired) electrons. The summed E-state index contributed by atoms with van der Waals surface area (Å²) in [6.45, 7) is 3.72. The van der Waals surface area contributed by atoms with Crippen LogP contribution in [0.3, 0.4) is 0 Å². The maximum Gasteiger partial charge on any atom is 0.316 e. The Hall–Kier alpha value is -3.19. The van der Waals surface area contributed by atoms with Gasteiger partial charge in [0.2, 0.25) is 11.7 Å². The molecule has 2 aromatic carbocycles. The maximum atomic E-state index is 12.1. The Bertz CT molecular complexity index is 1270. The Balaban J connectivity index is 1.71. The normalized spacial score (nSPS) is 11.4. The predicted molar refractivity (Wildman–Crippen MR) is 107 cm³/mol. The number of aromatic nitrogens is 4. The van der Waals surface area contributed by atoms with E-state index in [1.54, 1.807) is 18.2 Å². The Morgan fingerprint density at radius 3 is 2.61 bits per heavy atom. The molecule has 2 aromatic heterocycles. The highest BCUT2D eigenvalue weighted by atomic mass is 35.5. The van der Waals surface area contributed by atoms with Gasteiger partial charge < -0.3 is 9.51 Å². The molecule has 0 aliphatic rings. The lowest BCUT2D eigenvalue weighted by Crippen LogP contribution is -2.37. The number of nitrogens with zero attached hydrogens (tertiary/aromatic N) is 3. The van der Waals surface area contributed by atoms with Gasteiger partial charge in [0, 0.05) is 16.6 Å². The lowest BCUT2D eigenvalue weighted by atomic mass is 10.1. The average Bonchev–Trinajstić information content (AvgIpc) is 3.12. The summed E-state index contributed by atoms with van der Waals surface area (Å²) in [7, 11) is 0. The highest BCUT2D eigenvalue weighted by Gasteiger charge is 2.14. The molecule has 142 valence electrons. The van der Waals surface area contributed by atoms with Crippen LogP contribution < -0.4 is 11.1 Å². The molecular weight excluding hydrogens is 380 g/mol. The van der Waals surface area contributed by atoms with Crippen molar-refractivity contribution in [3.63, 3.8) is 0 Å². The molecule has 0 aliphatic carbocycles.